The van der Waals surface area contributed by atoms with E-state index in [-0.39, 0.29) is 0 Å². The van der Waals surface area contributed by atoms with Gasteiger partial charge < -0.3 is 9.80 Å². The Hall–Kier alpha value is -2.75. The Labute approximate surface area is 239 Å². The van der Waals surface area contributed by atoms with Gasteiger partial charge in [0.15, 0.2) is 0 Å². The van der Waals surface area contributed by atoms with Crippen LogP contribution >= 0.6 is 0 Å². The zero-order chi connectivity index (χ0) is 28.7. The molecule has 3 aromatic rings. The second kappa shape index (κ2) is 14.1. The summed E-state index contributed by atoms with van der Waals surface area (Å²) in [5.74, 6) is 2.14. The van der Waals surface area contributed by atoms with Crippen molar-refractivity contribution in [1.29, 1.82) is 0 Å². The molecule has 4 heteroatoms. The Morgan fingerprint density at radius 1 is 0.692 bits per heavy atom. The lowest BCUT2D eigenvalue weighted by Gasteiger charge is -2.31. The zero-order valence-corrected chi connectivity index (χ0v) is 26.5. The van der Waals surface area contributed by atoms with Crippen LogP contribution in [0.1, 0.15) is 121 Å². The number of imidazole rings is 1. The van der Waals surface area contributed by atoms with Crippen LogP contribution in [0, 0.1) is 0 Å². The molecule has 0 spiro atoms. The van der Waals surface area contributed by atoms with E-state index in [0.29, 0.717) is 23.7 Å². The molecule has 1 aliphatic heterocycles. The van der Waals surface area contributed by atoms with E-state index in [0.717, 1.165) is 26.3 Å². The lowest BCUT2D eigenvalue weighted by Crippen LogP contribution is -2.30. The van der Waals surface area contributed by atoms with Crippen LogP contribution in [0.3, 0.4) is 0 Å². The summed E-state index contributed by atoms with van der Waals surface area (Å²) in [4.78, 5) is 5.26. The van der Waals surface area contributed by atoms with Crippen molar-refractivity contribution in [1.82, 2.24) is 4.57 Å². The highest BCUT2D eigenvalue weighted by molar-refractivity contribution is 5.68. The predicted molar refractivity (Wildman–Crippen MR) is 169 cm³/mol. The molecule has 0 N–H and O–H groups in total. The van der Waals surface area contributed by atoms with Crippen LogP contribution in [0.15, 0.2) is 55.1 Å². The summed E-state index contributed by atoms with van der Waals surface area (Å²) in [6, 6.07) is 13.8. The molecule has 0 aliphatic carbocycles. The highest BCUT2D eigenvalue weighted by Gasteiger charge is 2.29. The molecule has 4 rings (SSSR count). The van der Waals surface area contributed by atoms with E-state index in [4.69, 9.17) is 0 Å². The Kier molecular flexibility index (Phi) is 11.1. The molecule has 1 aliphatic rings. The molecule has 0 unspecified atom stereocenters. The van der Waals surface area contributed by atoms with Crippen LogP contribution in [0.2, 0.25) is 0 Å². The first-order valence-electron chi connectivity index (χ1n) is 15.3. The van der Waals surface area contributed by atoms with E-state index in [1.807, 2.05) is 7.05 Å². The molecular weight excluding hydrogens is 476 g/mol. The number of nitrogens with zero attached hydrogens (tertiary/aromatic N) is 4. The summed E-state index contributed by atoms with van der Waals surface area (Å²) in [5.41, 5.74) is 8.90. The second-order valence-electron chi connectivity index (χ2n) is 12.5. The van der Waals surface area contributed by atoms with E-state index >= 15 is 0 Å². The van der Waals surface area contributed by atoms with Gasteiger partial charge in [0.05, 0.1) is 20.3 Å². The van der Waals surface area contributed by atoms with E-state index in [2.05, 4.69) is 136 Å². The van der Waals surface area contributed by atoms with Crippen LogP contribution in [0.5, 0.6) is 0 Å². The molecule has 1 saturated heterocycles. The van der Waals surface area contributed by atoms with Crippen molar-refractivity contribution in [3.05, 3.63) is 77.4 Å². The summed E-state index contributed by atoms with van der Waals surface area (Å²) in [6.07, 6.45) is 8.82. The van der Waals surface area contributed by atoms with Gasteiger partial charge in [-0.1, -0.05) is 105 Å². The maximum atomic E-state index is 2.63. The van der Waals surface area contributed by atoms with Crippen molar-refractivity contribution in [2.45, 2.75) is 105 Å². The predicted octanol–water partition coefficient (Wildman–Crippen LogP) is 8.58. The van der Waals surface area contributed by atoms with E-state index in [1.165, 1.54) is 46.5 Å². The third-order valence-corrected chi connectivity index (χ3v) is 7.89. The van der Waals surface area contributed by atoms with Crippen molar-refractivity contribution in [3.63, 3.8) is 0 Å². The normalized spacial score (nSPS) is 13.7. The fourth-order valence-electron chi connectivity index (χ4n) is 5.68. The number of rotatable bonds is 9. The molecule has 2 aromatic carbocycles. The van der Waals surface area contributed by atoms with E-state index < -0.39 is 0 Å². The number of anilines is 2. The highest BCUT2D eigenvalue weighted by Crippen LogP contribution is 2.40. The van der Waals surface area contributed by atoms with Crippen LogP contribution in [-0.2, 0) is 13.6 Å². The first kappa shape index (κ1) is 30.8. The summed E-state index contributed by atoms with van der Waals surface area (Å²) in [7, 11) is 2.04. The largest absolute Gasteiger partial charge is 0.352 e. The summed E-state index contributed by atoms with van der Waals surface area (Å²) < 4.78 is 4.28. The van der Waals surface area contributed by atoms with E-state index in [1.54, 1.807) is 0 Å². The van der Waals surface area contributed by atoms with Gasteiger partial charge in [-0.05, 0) is 52.3 Å². The van der Waals surface area contributed by atoms with Crippen LogP contribution in [0.4, 0.5) is 11.4 Å². The monoisotopic (exact) mass is 531 g/mol. The van der Waals surface area contributed by atoms with Gasteiger partial charge in [-0.25, -0.2) is 9.13 Å². The first-order chi connectivity index (χ1) is 18.5. The topological polar surface area (TPSA) is 15.3 Å². The summed E-state index contributed by atoms with van der Waals surface area (Å²) in [6.45, 7) is 25.1. The van der Waals surface area contributed by atoms with Crippen molar-refractivity contribution in [2.75, 3.05) is 29.6 Å². The average molecular weight is 532 g/mol. The number of hydrogen-bond acceptors (Lipinski definition) is 2. The minimum Gasteiger partial charge on any atom is -0.352 e. The van der Waals surface area contributed by atoms with Crippen molar-refractivity contribution in [2.24, 2.45) is 7.05 Å². The van der Waals surface area contributed by atoms with Gasteiger partial charge >= 0.3 is 0 Å². The average Bonchev–Trinajstić information content (AvgIpc) is 3.55. The summed E-state index contributed by atoms with van der Waals surface area (Å²) >= 11 is 0. The van der Waals surface area contributed by atoms with Gasteiger partial charge in [0, 0.05) is 24.5 Å². The molecular formula is C35H55N4+. The molecule has 1 aromatic heterocycles. The Bertz CT molecular complexity index is 1050. The first-order valence-corrected chi connectivity index (χ1v) is 15.3. The highest BCUT2D eigenvalue weighted by atomic mass is 15.4. The molecule has 0 amide bonds. The number of para-hydroxylation sites is 2. The smallest absolute Gasteiger partial charge is 0.243 e. The van der Waals surface area contributed by atoms with Gasteiger partial charge in [0.2, 0.25) is 6.33 Å². The van der Waals surface area contributed by atoms with Crippen LogP contribution in [-0.4, -0.2) is 24.3 Å². The third-order valence-electron chi connectivity index (χ3n) is 7.89. The maximum Gasteiger partial charge on any atom is 0.243 e. The van der Waals surface area contributed by atoms with Crippen LogP contribution < -0.4 is 14.4 Å². The number of aromatic nitrogens is 2. The third kappa shape index (κ3) is 7.68. The molecule has 0 radical (unpaired) electrons. The lowest BCUT2D eigenvalue weighted by molar-refractivity contribution is -0.696. The van der Waals surface area contributed by atoms with Crippen molar-refractivity contribution < 1.29 is 4.57 Å². The lowest BCUT2D eigenvalue weighted by atomic mass is 9.92. The Balaban J connectivity index is 0.000000353. The van der Waals surface area contributed by atoms with Crippen molar-refractivity contribution in [3.8, 4) is 0 Å². The fraction of sp³-hybridized carbons (Fsp3) is 0.571. The minimum atomic E-state index is 0.534. The number of aryl methyl sites for hydroxylation is 2. The molecule has 39 heavy (non-hydrogen) atoms. The van der Waals surface area contributed by atoms with Gasteiger partial charge in [-0.2, -0.15) is 0 Å². The molecule has 1 fully saturated rings. The molecule has 4 nitrogen and oxygen atoms in total. The molecule has 0 saturated carbocycles. The van der Waals surface area contributed by atoms with Gasteiger partial charge in [0.1, 0.15) is 12.4 Å². The number of benzene rings is 2. The SMILES string of the molecule is CC(C)c1cccc(C(C)C)c1N1CCN(c2c(C(C)C)cccc2C(C)C)C1.CCCC[n+]1ccn(C)c1. The van der Waals surface area contributed by atoms with E-state index in [9.17, 15) is 0 Å². The quantitative estimate of drug-likeness (QED) is 0.257. The zero-order valence-electron chi connectivity index (χ0n) is 26.5. The maximum absolute atomic E-state index is 2.63. The van der Waals surface area contributed by atoms with Crippen molar-refractivity contribution >= 4 is 11.4 Å². The molecule has 0 bridgehead atoms. The molecule has 0 atom stereocenters. The Morgan fingerprint density at radius 3 is 1.41 bits per heavy atom. The number of hydrogen-bond donors (Lipinski definition) is 0. The number of unbranched alkanes of at least 4 members (excludes halogenated alkanes) is 1. The van der Waals surface area contributed by atoms with Gasteiger partial charge in [-0.3, -0.25) is 0 Å². The van der Waals surface area contributed by atoms with Gasteiger partial charge in [0.25, 0.3) is 0 Å². The molecule has 214 valence electrons. The van der Waals surface area contributed by atoms with Crippen LogP contribution in [0.25, 0.3) is 0 Å². The molecule has 2 heterocycles. The fourth-order valence-corrected chi connectivity index (χ4v) is 5.68. The minimum absolute atomic E-state index is 0.534. The standard InChI is InChI=1S/C27H40N2.C8H15N2/c1-18(2)22-11-9-12-23(19(3)4)26(22)28-15-16-29(17-28)27-24(20(5)6)13-10-14-25(27)21(7)8;1-3-4-5-10-7-6-9(2)8-10/h9-14,18-21H,15-17H2,1-8H3;6-8H,3-5H2,1-2H3/q;+1. The van der Waals surface area contributed by atoms with Gasteiger partial charge in [-0.15, -0.1) is 0 Å². The Morgan fingerprint density at radius 2 is 1.10 bits per heavy atom. The summed E-state index contributed by atoms with van der Waals surface area (Å²) in [5, 5.41) is 0. The second-order valence-corrected chi connectivity index (χ2v) is 12.5.